The van der Waals surface area contributed by atoms with Gasteiger partial charge in [-0.1, -0.05) is 40.2 Å². The summed E-state index contributed by atoms with van der Waals surface area (Å²) in [5.74, 6) is -0.0868. The summed E-state index contributed by atoms with van der Waals surface area (Å²) in [5, 5.41) is 1.03. The molecule has 1 unspecified atom stereocenters. The normalized spacial score (nSPS) is 12.3. The molecule has 0 aliphatic heterocycles. The van der Waals surface area contributed by atoms with Crippen LogP contribution < -0.4 is 0 Å². The number of carbonyl (C=O) groups excluding carboxylic acids is 1. The molecule has 0 radical (unpaired) electrons. The number of benzene rings is 1. The maximum Gasteiger partial charge on any atom is 0.272 e. The molecule has 1 heterocycles. The Kier molecular flexibility index (Phi) is 5.09. The van der Waals surface area contributed by atoms with Gasteiger partial charge in [0.15, 0.2) is 0 Å². The van der Waals surface area contributed by atoms with Crippen LogP contribution in [0.25, 0.3) is 10.9 Å². The summed E-state index contributed by atoms with van der Waals surface area (Å²) in [4.78, 5) is 18.5. The minimum absolute atomic E-state index is 0.0868. The van der Waals surface area contributed by atoms with E-state index < -0.39 is 0 Å². The summed E-state index contributed by atoms with van der Waals surface area (Å²) in [6.45, 7) is 1.13. The van der Waals surface area contributed by atoms with Gasteiger partial charge in [-0.25, -0.2) is 4.98 Å². The van der Waals surface area contributed by atoms with Gasteiger partial charge in [-0.2, -0.15) is 0 Å². The molecule has 106 valence electrons. The number of amides is 1. The lowest BCUT2D eigenvalue weighted by atomic mass is 10.2. The zero-order valence-corrected chi connectivity index (χ0v) is 13.1. The van der Waals surface area contributed by atoms with Gasteiger partial charge in [0.05, 0.1) is 17.0 Å². The quantitative estimate of drug-likeness (QED) is 0.788. The molecular weight excluding hydrogens is 320 g/mol. The first-order chi connectivity index (χ1) is 9.61. The van der Waals surface area contributed by atoms with Gasteiger partial charge in [-0.3, -0.25) is 4.79 Å². The van der Waals surface area contributed by atoms with Crippen molar-refractivity contribution in [1.82, 2.24) is 9.88 Å². The van der Waals surface area contributed by atoms with Crippen LogP contribution in [0.4, 0.5) is 0 Å². The molecular formula is C15H17BrN2O2. The van der Waals surface area contributed by atoms with Gasteiger partial charge in [0.1, 0.15) is 5.69 Å². The van der Waals surface area contributed by atoms with Crippen molar-refractivity contribution in [2.45, 2.75) is 4.83 Å². The van der Waals surface area contributed by atoms with Crippen LogP contribution in [0.2, 0.25) is 0 Å². The molecule has 1 aromatic carbocycles. The van der Waals surface area contributed by atoms with Gasteiger partial charge in [-0.05, 0) is 12.1 Å². The average molecular weight is 337 g/mol. The molecule has 2 aromatic rings. The number of hydrogen-bond donors (Lipinski definition) is 0. The number of fused-ring (bicyclic) bond motifs is 1. The lowest BCUT2D eigenvalue weighted by Crippen LogP contribution is -2.34. The predicted octanol–water partition coefficient (Wildman–Crippen LogP) is 2.72. The van der Waals surface area contributed by atoms with Crippen LogP contribution in [0.3, 0.4) is 0 Å². The van der Waals surface area contributed by atoms with E-state index in [0.29, 0.717) is 18.8 Å². The van der Waals surface area contributed by atoms with Crippen LogP contribution in [0.1, 0.15) is 10.5 Å². The number of pyridine rings is 1. The smallest absolute Gasteiger partial charge is 0.272 e. The largest absolute Gasteiger partial charge is 0.383 e. The fraction of sp³-hybridized carbons (Fsp3) is 0.333. The summed E-state index contributed by atoms with van der Waals surface area (Å²) < 4.78 is 5.05. The highest BCUT2D eigenvalue weighted by Crippen LogP contribution is 2.13. The van der Waals surface area contributed by atoms with E-state index in [1.807, 2.05) is 30.3 Å². The van der Waals surface area contributed by atoms with E-state index in [1.165, 1.54) is 0 Å². The Morgan fingerprint density at radius 3 is 2.85 bits per heavy atom. The second-order valence-electron chi connectivity index (χ2n) is 4.63. The summed E-state index contributed by atoms with van der Waals surface area (Å²) in [5.41, 5.74) is 1.29. The Morgan fingerprint density at radius 2 is 2.10 bits per heavy atom. The van der Waals surface area contributed by atoms with Gasteiger partial charge >= 0.3 is 0 Å². The lowest BCUT2D eigenvalue weighted by molar-refractivity contribution is 0.0779. The van der Waals surface area contributed by atoms with Gasteiger partial charge in [-0.15, -0.1) is 0 Å². The number of ether oxygens (including phenoxy) is 1. The first kappa shape index (κ1) is 14.9. The first-order valence-electron chi connectivity index (χ1n) is 6.36. The Labute approximate surface area is 126 Å². The van der Waals surface area contributed by atoms with Gasteiger partial charge in [0.2, 0.25) is 0 Å². The molecule has 0 aliphatic carbocycles. The molecule has 1 amide bonds. The van der Waals surface area contributed by atoms with Crippen LogP contribution >= 0.6 is 15.9 Å². The third-order valence-electron chi connectivity index (χ3n) is 2.98. The van der Waals surface area contributed by atoms with Crippen LogP contribution in [0.15, 0.2) is 36.4 Å². The van der Waals surface area contributed by atoms with Crippen molar-refractivity contribution in [3.05, 3.63) is 42.1 Å². The highest BCUT2D eigenvalue weighted by atomic mass is 79.9. The van der Waals surface area contributed by atoms with E-state index in [0.717, 1.165) is 10.9 Å². The summed E-state index contributed by atoms with van der Waals surface area (Å²) in [7, 11) is 3.41. The Balaban J connectivity index is 2.14. The number of carbonyl (C=O) groups is 1. The van der Waals surface area contributed by atoms with Crippen molar-refractivity contribution in [2.75, 3.05) is 27.3 Å². The van der Waals surface area contributed by atoms with E-state index in [9.17, 15) is 4.79 Å². The number of halogens is 1. The number of aromatic nitrogens is 1. The number of hydrogen-bond acceptors (Lipinski definition) is 3. The Morgan fingerprint density at radius 1 is 1.35 bits per heavy atom. The van der Waals surface area contributed by atoms with E-state index in [-0.39, 0.29) is 10.7 Å². The number of para-hydroxylation sites is 1. The molecule has 0 aliphatic rings. The van der Waals surface area contributed by atoms with Gasteiger partial charge < -0.3 is 9.64 Å². The maximum atomic E-state index is 12.3. The van der Waals surface area contributed by atoms with Crippen molar-refractivity contribution in [3.63, 3.8) is 0 Å². The van der Waals surface area contributed by atoms with Crippen LogP contribution in [-0.4, -0.2) is 47.9 Å². The number of rotatable bonds is 5. The van der Waals surface area contributed by atoms with Crippen LogP contribution in [-0.2, 0) is 4.74 Å². The van der Waals surface area contributed by atoms with E-state index in [2.05, 4.69) is 20.9 Å². The standard InChI is InChI=1S/C15H17BrN2O2/c1-18(9-12(16)10-20-2)15(19)14-8-7-11-5-3-4-6-13(11)17-14/h3-8,12H,9-10H2,1-2H3. The molecule has 1 aromatic heterocycles. The Bertz CT molecular complexity index is 603. The van der Waals surface area contributed by atoms with Crippen molar-refractivity contribution < 1.29 is 9.53 Å². The first-order valence-corrected chi connectivity index (χ1v) is 7.27. The molecule has 0 saturated heterocycles. The molecule has 4 nitrogen and oxygen atoms in total. The van der Waals surface area contributed by atoms with Crippen molar-refractivity contribution in [2.24, 2.45) is 0 Å². The summed E-state index contributed by atoms with van der Waals surface area (Å²) in [6, 6.07) is 11.4. The minimum Gasteiger partial charge on any atom is -0.383 e. The highest BCUT2D eigenvalue weighted by molar-refractivity contribution is 9.09. The van der Waals surface area contributed by atoms with E-state index in [1.54, 1.807) is 25.1 Å². The van der Waals surface area contributed by atoms with Crippen molar-refractivity contribution in [1.29, 1.82) is 0 Å². The highest BCUT2D eigenvalue weighted by Gasteiger charge is 2.16. The second kappa shape index (κ2) is 6.81. The monoisotopic (exact) mass is 336 g/mol. The molecule has 0 fully saturated rings. The summed E-state index contributed by atoms with van der Waals surface area (Å²) >= 11 is 3.48. The molecule has 0 saturated carbocycles. The molecule has 1 atom stereocenters. The number of alkyl halides is 1. The SMILES string of the molecule is COCC(Br)CN(C)C(=O)c1ccc2ccccc2n1. The fourth-order valence-corrected chi connectivity index (χ4v) is 2.69. The van der Waals surface area contributed by atoms with E-state index in [4.69, 9.17) is 4.74 Å². The molecule has 0 spiro atoms. The Hall–Kier alpha value is -1.46. The van der Waals surface area contributed by atoms with Crippen LogP contribution in [0, 0.1) is 0 Å². The molecule has 5 heteroatoms. The molecule has 0 N–H and O–H groups in total. The third kappa shape index (κ3) is 3.55. The van der Waals surface area contributed by atoms with E-state index >= 15 is 0 Å². The zero-order chi connectivity index (χ0) is 14.5. The fourth-order valence-electron chi connectivity index (χ4n) is 1.99. The predicted molar refractivity (Wildman–Crippen MR) is 83.3 cm³/mol. The minimum atomic E-state index is -0.0868. The lowest BCUT2D eigenvalue weighted by Gasteiger charge is -2.20. The number of nitrogens with zero attached hydrogens (tertiary/aromatic N) is 2. The third-order valence-corrected chi connectivity index (χ3v) is 3.54. The maximum absolute atomic E-state index is 12.3. The van der Waals surface area contributed by atoms with Crippen molar-refractivity contribution in [3.8, 4) is 0 Å². The number of methoxy groups -OCH3 is 1. The average Bonchev–Trinajstić information content (AvgIpc) is 2.46. The van der Waals surface area contributed by atoms with Crippen molar-refractivity contribution >= 4 is 32.7 Å². The van der Waals surface area contributed by atoms with Gasteiger partial charge in [0.25, 0.3) is 5.91 Å². The molecule has 0 bridgehead atoms. The topological polar surface area (TPSA) is 42.4 Å². The summed E-state index contributed by atoms with van der Waals surface area (Å²) in [6.07, 6.45) is 0. The molecule has 20 heavy (non-hydrogen) atoms. The van der Waals surface area contributed by atoms with Gasteiger partial charge in [0, 0.05) is 26.1 Å². The second-order valence-corrected chi connectivity index (χ2v) is 5.92. The van der Waals surface area contributed by atoms with Crippen LogP contribution in [0.5, 0.6) is 0 Å². The molecule has 2 rings (SSSR count). The zero-order valence-electron chi connectivity index (χ0n) is 11.5.